The molecule has 1 amide bonds. The number of rotatable bonds is 3. The molecule has 4 N–H and O–H groups in total. The van der Waals surface area contributed by atoms with Crippen LogP contribution in [0, 0.1) is 5.92 Å². The number of benzene rings is 1. The van der Waals surface area contributed by atoms with E-state index in [2.05, 4.69) is 27.8 Å². The van der Waals surface area contributed by atoms with Crippen molar-refractivity contribution in [2.75, 3.05) is 18.0 Å². The molecular weight excluding hydrogens is 294 g/mol. The first-order valence-electron chi connectivity index (χ1n) is 6.09. The van der Waals surface area contributed by atoms with Gasteiger partial charge in [-0.2, -0.15) is 0 Å². The van der Waals surface area contributed by atoms with Crippen molar-refractivity contribution >= 4 is 27.5 Å². The number of hydrogen-bond acceptors (Lipinski definition) is 3. The van der Waals surface area contributed by atoms with Crippen molar-refractivity contribution in [1.29, 1.82) is 0 Å². The molecular formula is C13H18BrN3O. The van der Waals surface area contributed by atoms with Crippen LogP contribution in [-0.2, 0) is 0 Å². The van der Waals surface area contributed by atoms with Crippen LogP contribution in [0.25, 0.3) is 0 Å². The molecule has 1 heterocycles. The smallest absolute Gasteiger partial charge is 0.248 e. The second kappa shape index (κ2) is 5.28. The molecule has 2 atom stereocenters. The second-order valence-corrected chi connectivity index (χ2v) is 5.72. The lowest BCUT2D eigenvalue weighted by Gasteiger charge is -2.25. The van der Waals surface area contributed by atoms with Crippen LogP contribution in [0.3, 0.4) is 0 Å². The van der Waals surface area contributed by atoms with E-state index >= 15 is 0 Å². The van der Waals surface area contributed by atoms with Crippen LogP contribution in [0.4, 0.5) is 5.69 Å². The van der Waals surface area contributed by atoms with Crippen molar-refractivity contribution in [2.45, 2.75) is 19.4 Å². The average Bonchev–Trinajstić information content (AvgIpc) is 2.70. The first kappa shape index (κ1) is 13.4. The van der Waals surface area contributed by atoms with E-state index in [9.17, 15) is 4.79 Å². The fraction of sp³-hybridized carbons (Fsp3) is 0.462. The van der Waals surface area contributed by atoms with Gasteiger partial charge in [-0.05, 0) is 59.9 Å². The van der Waals surface area contributed by atoms with E-state index in [1.165, 1.54) is 0 Å². The number of hydrogen-bond donors (Lipinski definition) is 2. The highest BCUT2D eigenvalue weighted by Gasteiger charge is 2.29. The standard InChI is InChI=1S/C13H18BrN3O/c1-8-4-9(6-15)7-17(8)12-3-2-10(13(16)18)5-11(12)14/h2-3,5,8-9H,4,6-7,15H2,1H3,(H2,16,18). The maximum Gasteiger partial charge on any atom is 0.248 e. The van der Waals surface area contributed by atoms with Gasteiger partial charge in [0.25, 0.3) is 0 Å². The summed E-state index contributed by atoms with van der Waals surface area (Å²) < 4.78 is 0.906. The van der Waals surface area contributed by atoms with Gasteiger partial charge in [-0.15, -0.1) is 0 Å². The van der Waals surface area contributed by atoms with Gasteiger partial charge in [0.2, 0.25) is 5.91 Å². The number of primary amides is 1. The van der Waals surface area contributed by atoms with Crippen molar-refractivity contribution in [2.24, 2.45) is 17.4 Å². The number of halogens is 1. The topological polar surface area (TPSA) is 72.3 Å². The Hall–Kier alpha value is -1.07. The van der Waals surface area contributed by atoms with Gasteiger partial charge >= 0.3 is 0 Å². The number of carbonyl (C=O) groups is 1. The van der Waals surface area contributed by atoms with E-state index in [4.69, 9.17) is 11.5 Å². The first-order valence-corrected chi connectivity index (χ1v) is 6.88. The lowest BCUT2D eigenvalue weighted by Crippen LogP contribution is -2.28. The highest BCUT2D eigenvalue weighted by molar-refractivity contribution is 9.10. The van der Waals surface area contributed by atoms with Crippen LogP contribution >= 0.6 is 15.9 Å². The minimum Gasteiger partial charge on any atom is -0.368 e. The molecule has 0 saturated carbocycles. The Morgan fingerprint density at radius 3 is 2.78 bits per heavy atom. The summed E-state index contributed by atoms with van der Waals surface area (Å²) >= 11 is 3.51. The summed E-state index contributed by atoms with van der Waals surface area (Å²) in [7, 11) is 0. The van der Waals surface area contributed by atoms with Crippen molar-refractivity contribution in [1.82, 2.24) is 0 Å². The van der Waals surface area contributed by atoms with Crippen molar-refractivity contribution in [3.63, 3.8) is 0 Å². The Morgan fingerprint density at radius 1 is 1.56 bits per heavy atom. The minimum absolute atomic E-state index is 0.406. The average molecular weight is 312 g/mol. The van der Waals surface area contributed by atoms with E-state index in [-0.39, 0.29) is 0 Å². The third kappa shape index (κ3) is 2.52. The third-order valence-electron chi connectivity index (χ3n) is 3.54. The molecule has 1 aliphatic rings. The van der Waals surface area contributed by atoms with Gasteiger partial charge in [0, 0.05) is 22.6 Å². The van der Waals surface area contributed by atoms with Crippen LogP contribution in [-0.4, -0.2) is 25.0 Å². The SMILES string of the molecule is CC1CC(CN)CN1c1ccc(C(N)=O)cc1Br. The molecule has 5 heteroatoms. The summed E-state index contributed by atoms with van der Waals surface area (Å²) in [5.74, 6) is 0.138. The van der Waals surface area contributed by atoms with Gasteiger partial charge in [0.15, 0.2) is 0 Å². The summed E-state index contributed by atoms with van der Waals surface area (Å²) in [5.41, 5.74) is 12.6. The zero-order valence-electron chi connectivity index (χ0n) is 10.4. The largest absolute Gasteiger partial charge is 0.368 e. The Bertz CT molecular complexity index is 464. The number of nitrogens with two attached hydrogens (primary N) is 2. The zero-order valence-corrected chi connectivity index (χ0v) is 12.0. The molecule has 2 rings (SSSR count). The summed E-state index contributed by atoms with van der Waals surface area (Å²) in [5, 5.41) is 0. The van der Waals surface area contributed by atoms with Gasteiger partial charge in [-0.1, -0.05) is 0 Å². The fourth-order valence-electron chi connectivity index (χ4n) is 2.54. The Kier molecular flexibility index (Phi) is 3.92. The predicted molar refractivity (Wildman–Crippen MR) is 76.6 cm³/mol. The van der Waals surface area contributed by atoms with Crippen LogP contribution in [0.2, 0.25) is 0 Å². The van der Waals surface area contributed by atoms with Gasteiger partial charge in [-0.25, -0.2) is 0 Å². The van der Waals surface area contributed by atoms with E-state index < -0.39 is 5.91 Å². The molecule has 1 fully saturated rings. The quantitative estimate of drug-likeness (QED) is 0.892. The maximum atomic E-state index is 11.1. The Balaban J connectivity index is 2.26. The molecule has 18 heavy (non-hydrogen) atoms. The summed E-state index contributed by atoms with van der Waals surface area (Å²) in [6, 6.07) is 5.96. The van der Waals surface area contributed by atoms with Crippen molar-refractivity contribution in [3.8, 4) is 0 Å². The molecule has 1 aliphatic heterocycles. The van der Waals surface area contributed by atoms with Crippen LogP contribution in [0.5, 0.6) is 0 Å². The lowest BCUT2D eigenvalue weighted by atomic mass is 10.1. The number of amides is 1. The lowest BCUT2D eigenvalue weighted by molar-refractivity contribution is 0.100. The van der Waals surface area contributed by atoms with Gasteiger partial charge in [-0.3, -0.25) is 4.79 Å². The first-order chi connectivity index (χ1) is 8.52. The maximum absolute atomic E-state index is 11.1. The van der Waals surface area contributed by atoms with E-state index in [0.717, 1.165) is 29.7 Å². The molecule has 0 spiro atoms. The van der Waals surface area contributed by atoms with Crippen LogP contribution in [0.15, 0.2) is 22.7 Å². The van der Waals surface area contributed by atoms with Crippen molar-refractivity contribution < 1.29 is 4.79 Å². The van der Waals surface area contributed by atoms with Gasteiger partial charge in [0.1, 0.15) is 0 Å². The second-order valence-electron chi connectivity index (χ2n) is 4.87. The molecule has 98 valence electrons. The summed E-state index contributed by atoms with van der Waals surface area (Å²) in [4.78, 5) is 13.4. The highest BCUT2D eigenvalue weighted by atomic mass is 79.9. The molecule has 2 unspecified atom stereocenters. The predicted octanol–water partition coefficient (Wildman–Crippen LogP) is 1.72. The fourth-order valence-corrected chi connectivity index (χ4v) is 3.15. The zero-order chi connectivity index (χ0) is 13.3. The Morgan fingerprint density at radius 2 is 2.28 bits per heavy atom. The van der Waals surface area contributed by atoms with Crippen LogP contribution < -0.4 is 16.4 Å². The molecule has 1 saturated heterocycles. The molecule has 0 aromatic heterocycles. The van der Waals surface area contributed by atoms with Gasteiger partial charge in [0.05, 0.1) is 5.69 Å². The molecule has 0 bridgehead atoms. The minimum atomic E-state index is -0.406. The van der Waals surface area contributed by atoms with Crippen LogP contribution in [0.1, 0.15) is 23.7 Å². The summed E-state index contributed by atoms with van der Waals surface area (Å²) in [6.07, 6.45) is 1.11. The number of carbonyl (C=O) groups excluding carboxylic acids is 1. The number of nitrogens with zero attached hydrogens (tertiary/aromatic N) is 1. The molecule has 0 radical (unpaired) electrons. The number of anilines is 1. The Labute approximate surface area is 115 Å². The molecule has 1 aromatic rings. The third-order valence-corrected chi connectivity index (χ3v) is 4.17. The van der Waals surface area contributed by atoms with E-state index in [0.29, 0.717) is 17.5 Å². The normalized spacial score (nSPS) is 23.4. The highest BCUT2D eigenvalue weighted by Crippen LogP contribution is 2.34. The van der Waals surface area contributed by atoms with E-state index in [1.807, 2.05) is 6.07 Å². The van der Waals surface area contributed by atoms with E-state index in [1.54, 1.807) is 12.1 Å². The molecule has 1 aromatic carbocycles. The van der Waals surface area contributed by atoms with Crippen molar-refractivity contribution in [3.05, 3.63) is 28.2 Å². The monoisotopic (exact) mass is 311 g/mol. The summed E-state index contributed by atoms with van der Waals surface area (Å²) in [6.45, 7) is 3.88. The molecule has 4 nitrogen and oxygen atoms in total. The van der Waals surface area contributed by atoms with Gasteiger partial charge < -0.3 is 16.4 Å². The molecule has 0 aliphatic carbocycles.